The fourth-order valence-corrected chi connectivity index (χ4v) is 3.28. The van der Waals surface area contributed by atoms with E-state index in [0.29, 0.717) is 10.6 Å². The molecule has 0 bridgehead atoms. The number of nitrogens with one attached hydrogen (secondary N) is 1. The standard InChI is InChI=1S/C16H17NO3S/c1-19-12-6-4-3-5-11(12)16(8-9-16)17-15(18)14-13(20-2)7-10-21-14/h3-7,10H,8-9H2,1-2H3,(H,17,18). The molecular formula is C16H17NO3S. The Morgan fingerprint density at radius 2 is 1.86 bits per heavy atom. The van der Waals surface area contributed by atoms with Crippen molar-refractivity contribution in [2.45, 2.75) is 18.4 Å². The van der Waals surface area contributed by atoms with Crippen molar-refractivity contribution in [2.75, 3.05) is 14.2 Å². The molecule has 0 radical (unpaired) electrons. The zero-order valence-corrected chi connectivity index (χ0v) is 12.8. The van der Waals surface area contributed by atoms with E-state index in [-0.39, 0.29) is 11.4 Å². The summed E-state index contributed by atoms with van der Waals surface area (Å²) < 4.78 is 10.6. The van der Waals surface area contributed by atoms with E-state index in [2.05, 4.69) is 5.32 Å². The van der Waals surface area contributed by atoms with Gasteiger partial charge in [0, 0.05) is 5.56 Å². The zero-order valence-electron chi connectivity index (χ0n) is 12.0. The third-order valence-electron chi connectivity index (χ3n) is 3.78. The summed E-state index contributed by atoms with van der Waals surface area (Å²) in [5.74, 6) is 1.34. The molecular weight excluding hydrogens is 286 g/mol. The lowest BCUT2D eigenvalue weighted by Gasteiger charge is -2.20. The summed E-state index contributed by atoms with van der Waals surface area (Å²) in [6.07, 6.45) is 1.85. The Bertz CT molecular complexity index is 661. The van der Waals surface area contributed by atoms with Gasteiger partial charge in [-0.2, -0.15) is 0 Å². The van der Waals surface area contributed by atoms with E-state index in [1.54, 1.807) is 14.2 Å². The molecule has 0 aliphatic heterocycles. The predicted octanol–water partition coefficient (Wildman–Crippen LogP) is 3.18. The Kier molecular flexibility index (Phi) is 3.59. The van der Waals surface area contributed by atoms with Crippen LogP contribution in [0.2, 0.25) is 0 Å². The van der Waals surface area contributed by atoms with E-state index in [1.807, 2.05) is 35.7 Å². The third-order valence-corrected chi connectivity index (χ3v) is 4.68. The van der Waals surface area contributed by atoms with Gasteiger partial charge in [0.1, 0.15) is 16.4 Å². The monoisotopic (exact) mass is 303 g/mol. The number of amides is 1. The van der Waals surface area contributed by atoms with Gasteiger partial charge in [-0.15, -0.1) is 11.3 Å². The maximum atomic E-state index is 12.5. The second kappa shape index (κ2) is 5.41. The summed E-state index contributed by atoms with van der Waals surface area (Å²) in [5.41, 5.74) is 0.731. The van der Waals surface area contributed by atoms with Crippen molar-refractivity contribution in [3.8, 4) is 11.5 Å². The number of ether oxygens (including phenoxy) is 2. The predicted molar refractivity (Wildman–Crippen MR) is 82.2 cm³/mol. The fraction of sp³-hybridized carbons (Fsp3) is 0.312. The number of carbonyl (C=O) groups excluding carboxylic acids is 1. The smallest absolute Gasteiger partial charge is 0.265 e. The molecule has 0 saturated heterocycles. The number of methoxy groups -OCH3 is 2. The molecule has 1 amide bonds. The molecule has 1 heterocycles. The van der Waals surface area contributed by atoms with Crippen LogP contribution in [0.3, 0.4) is 0 Å². The second-order valence-electron chi connectivity index (χ2n) is 5.05. The van der Waals surface area contributed by atoms with Gasteiger partial charge in [-0.25, -0.2) is 0 Å². The van der Waals surface area contributed by atoms with Crippen LogP contribution >= 0.6 is 11.3 Å². The number of carbonyl (C=O) groups is 1. The highest BCUT2D eigenvalue weighted by molar-refractivity contribution is 7.12. The Hall–Kier alpha value is -2.01. The van der Waals surface area contributed by atoms with Gasteiger partial charge >= 0.3 is 0 Å². The average molecular weight is 303 g/mol. The minimum absolute atomic E-state index is 0.0924. The van der Waals surface area contributed by atoms with Crippen molar-refractivity contribution in [3.05, 3.63) is 46.2 Å². The van der Waals surface area contributed by atoms with Crippen LogP contribution in [0.25, 0.3) is 0 Å². The lowest BCUT2D eigenvalue weighted by atomic mass is 10.0. The van der Waals surface area contributed by atoms with E-state index in [4.69, 9.17) is 9.47 Å². The summed E-state index contributed by atoms with van der Waals surface area (Å²) in [6.45, 7) is 0. The molecule has 5 heteroatoms. The molecule has 110 valence electrons. The molecule has 1 aromatic carbocycles. The lowest BCUT2D eigenvalue weighted by molar-refractivity contribution is 0.0931. The van der Waals surface area contributed by atoms with Gasteiger partial charge in [0.2, 0.25) is 0 Å². The Morgan fingerprint density at radius 3 is 2.52 bits per heavy atom. The molecule has 1 aliphatic rings. The van der Waals surface area contributed by atoms with Crippen molar-refractivity contribution < 1.29 is 14.3 Å². The largest absolute Gasteiger partial charge is 0.496 e. The summed E-state index contributed by atoms with van der Waals surface area (Å²) in [4.78, 5) is 13.1. The normalized spacial score (nSPS) is 15.3. The molecule has 1 fully saturated rings. The highest BCUT2D eigenvalue weighted by atomic mass is 32.1. The van der Waals surface area contributed by atoms with Gasteiger partial charge < -0.3 is 14.8 Å². The summed E-state index contributed by atoms with van der Waals surface area (Å²) >= 11 is 1.39. The fourth-order valence-electron chi connectivity index (χ4n) is 2.52. The minimum atomic E-state index is -0.307. The van der Waals surface area contributed by atoms with Crippen LogP contribution < -0.4 is 14.8 Å². The molecule has 3 rings (SSSR count). The van der Waals surface area contributed by atoms with Crippen LogP contribution in [-0.2, 0) is 5.54 Å². The van der Waals surface area contributed by atoms with E-state index >= 15 is 0 Å². The molecule has 0 unspecified atom stereocenters. The second-order valence-corrected chi connectivity index (χ2v) is 5.97. The first kappa shape index (κ1) is 13.9. The lowest BCUT2D eigenvalue weighted by Crippen LogP contribution is -2.34. The summed E-state index contributed by atoms with van der Waals surface area (Å²) in [6, 6.07) is 9.64. The third kappa shape index (κ3) is 2.49. The van der Waals surface area contributed by atoms with Gasteiger partial charge in [0.05, 0.1) is 19.8 Å². The molecule has 2 aromatic rings. The Morgan fingerprint density at radius 1 is 1.14 bits per heavy atom. The van der Waals surface area contributed by atoms with Crippen LogP contribution in [0, 0.1) is 0 Å². The first-order valence-corrected chi connectivity index (χ1v) is 7.65. The van der Waals surface area contributed by atoms with Crippen LogP contribution in [0.5, 0.6) is 11.5 Å². The quantitative estimate of drug-likeness (QED) is 0.923. The number of hydrogen-bond donors (Lipinski definition) is 1. The summed E-state index contributed by atoms with van der Waals surface area (Å²) in [7, 11) is 3.23. The molecule has 4 nitrogen and oxygen atoms in total. The Labute approximate surface area is 127 Å². The van der Waals surface area contributed by atoms with Crippen molar-refractivity contribution in [2.24, 2.45) is 0 Å². The number of thiophene rings is 1. The van der Waals surface area contributed by atoms with Crippen molar-refractivity contribution in [1.29, 1.82) is 0 Å². The number of para-hydroxylation sites is 1. The minimum Gasteiger partial charge on any atom is -0.496 e. The molecule has 0 atom stereocenters. The molecule has 1 saturated carbocycles. The van der Waals surface area contributed by atoms with Crippen LogP contribution in [0.15, 0.2) is 35.7 Å². The van der Waals surface area contributed by atoms with Crippen LogP contribution in [0.4, 0.5) is 0 Å². The summed E-state index contributed by atoms with van der Waals surface area (Å²) in [5, 5.41) is 5.00. The van der Waals surface area contributed by atoms with Gasteiger partial charge in [-0.05, 0) is 30.4 Å². The molecule has 1 N–H and O–H groups in total. The van der Waals surface area contributed by atoms with Gasteiger partial charge in [0.15, 0.2) is 0 Å². The maximum absolute atomic E-state index is 12.5. The van der Waals surface area contributed by atoms with Gasteiger partial charge in [-0.1, -0.05) is 18.2 Å². The highest BCUT2D eigenvalue weighted by Crippen LogP contribution is 2.49. The molecule has 21 heavy (non-hydrogen) atoms. The SMILES string of the molecule is COc1ccccc1C1(NC(=O)c2sccc2OC)CC1. The van der Waals surface area contributed by atoms with Crippen molar-refractivity contribution >= 4 is 17.2 Å². The number of hydrogen-bond acceptors (Lipinski definition) is 4. The van der Waals surface area contributed by atoms with E-state index in [0.717, 1.165) is 24.2 Å². The average Bonchev–Trinajstić information content (AvgIpc) is 3.13. The molecule has 0 spiro atoms. The van der Waals surface area contributed by atoms with Gasteiger partial charge in [0.25, 0.3) is 5.91 Å². The van der Waals surface area contributed by atoms with E-state index in [1.165, 1.54) is 11.3 Å². The maximum Gasteiger partial charge on any atom is 0.265 e. The molecule has 1 aromatic heterocycles. The van der Waals surface area contributed by atoms with Crippen LogP contribution in [-0.4, -0.2) is 20.1 Å². The topological polar surface area (TPSA) is 47.6 Å². The van der Waals surface area contributed by atoms with Gasteiger partial charge in [-0.3, -0.25) is 4.79 Å². The first-order chi connectivity index (χ1) is 10.2. The van der Waals surface area contributed by atoms with Crippen LogP contribution in [0.1, 0.15) is 28.1 Å². The van der Waals surface area contributed by atoms with Crippen molar-refractivity contribution in [1.82, 2.24) is 5.32 Å². The Balaban J connectivity index is 1.86. The molecule has 1 aliphatic carbocycles. The van der Waals surface area contributed by atoms with E-state index in [9.17, 15) is 4.79 Å². The first-order valence-electron chi connectivity index (χ1n) is 6.78. The number of benzene rings is 1. The highest BCUT2D eigenvalue weighted by Gasteiger charge is 2.47. The van der Waals surface area contributed by atoms with Crippen molar-refractivity contribution in [3.63, 3.8) is 0 Å². The van der Waals surface area contributed by atoms with E-state index < -0.39 is 0 Å². The zero-order chi connectivity index (χ0) is 14.9. The number of rotatable bonds is 5.